The highest BCUT2D eigenvalue weighted by Gasteiger charge is 2.11. The number of aromatic carboxylic acids is 1. The molecule has 0 aliphatic heterocycles. The van der Waals surface area contributed by atoms with Crippen molar-refractivity contribution >= 4 is 45.1 Å². The van der Waals surface area contributed by atoms with Gasteiger partial charge in [0.15, 0.2) is 0 Å². The molecule has 2 aromatic carbocycles. The second kappa shape index (κ2) is 11.7. The number of carboxylic acid groups (broad SMARTS) is 1. The van der Waals surface area contributed by atoms with Crippen molar-refractivity contribution in [1.29, 1.82) is 0 Å². The molecule has 0 aliphatic rings. The molecule has 0 saturated carbocycles. The molecule has 0 bridgehead atoms. The normalized spacial score (nSPS) is 11.2. The zero-order valence-electron chi connectivity index (χ0n) is 18.8. The predicted molar refractivity (Wildman–Crippen MR) is 136 cm³/mol. The van der Waals surface area contributed by atoms with Crippen molar-refractivity contribution in [3.8, 4) is 0 Å². The van der Waals surface area contributed by atoms with E-state index in [4.69, 9.17) is 16.3 Å². The van der Waals surface area contributed by atoms with E-state index in [9.17, 15) is 9.90 Å². The first-order chi connectivity index (χ1) is 16.6. The average Bonchev–Trinajstić information content (AvgIpc) is 2.84. The summed E-state index contributed by atoms with van der Waals surface area (Å²) in [5.74, 6) is -0.279. The van der Waals surface area contributed by atoms with Crippen molar-refractivity contribution in [3.63, 3.8) is 0 Å². The number of ether oxygens (including phenoxy) is 1. The number of unbranched alkanes of at least 4 members (excludes halogenated alkanes) is 1. The fraction of sp³-hybridized carbons (Fsp3) is 0.269. The van der Waals surface area contributed by atoms with Gasteiger partial charge in [0.25, 0.3) is 0 Å². The molecule has 176 valence electrons. The quantitative estimate of drug-likeness (QED) is 0.192. The van der Waals surface area contributed by atoms with Crippen LogP contribution in [-0.4, -0.2) is 47.3 Å². The van der Waals surface area contributed by atoms with Crippen LogP contribution in [0.25, 0.3) is 21.7 Å². The Hall–Kier alpha value is -3.26. The molecule has 0 amide bonds. The largest absolute Gasteiger partial charge is 0.478 e. The summed E-state index contributed by atoms with van der Waals surface area (Å²) < 4.78 is 5.76. The van der Waals surface area contributed by atoms with Gasteiger partial charge in [-0.25, -0.2) is 9.78 Å². The number of hydrogen-bond acceptors (Lipinski definition) is 6. The van der Waals surface area contributed by atoms with Gasteiger partial charge < -0.3 is 20.5 Å². The van der Waals surface area contributed by atoms with Crippen LogP contribution in [0, 0.1) is 0 Å². The van der Waals surface area contributed by atoms with Gasteiger partial charge in [0, 0.05) is 53.3 Å². The smallest absolute Gasteiger partial charge is 0.335 e. The number of hydrogen-bond donors (Lipinski definition) is 3. The van der Waals surface area contributed by atoms with E-state index < -0.39 is 5.97 Å². The summed E-state index contributed by atoms with van der Waals surface area (Å²) in [6.07, 6.45) is 5.51. The second-order valence-electron chi connectivity index (χ2n) is 7.97. The molecular weight excluding hydrogens is 452 g/mol. The van der Waals surface area contributed by atoms with E-state index in [-0.39, 0.29) is 5.56 Å². The lowest BCUT2D eigenvalue weighted by atomic mass is 10.1. The summed E-state index contributed by atoms with van der Waals surface area (Å²) in [5, 5.41) is 19.5. The Morgan fingerprint density at radius 3 is 2.76 bits per heavy atom. The van der Waals surface area contributed by atoms with E-state index in [0.717, 1.165) is 47.1 Å². The molecule has 0 unspecified atom stereocenters. The van der Waals surface area contributed by atoms with Gasteiger partial charge in [-0.15, -0.1) is 0 Å². The third-order valence-corrected chi connectivity index (χ3v) is 5.73. The molecule has 8 heteroatoms. The average molecular weight is 479 g/mol. The number of aromatic nitrogens is 2. The van der Waals surface area contributed by atoms with Gasteiger partial charge >= 0.3 is 5.97 Å². The van der Waals surface area contributed by atoms with Gasteiger partial charge in [-0.3, -0.25) is 4.98 Å². The SMILES string of the molecule is O=C(O)c1ccc2c(c1)nc(NCCOCCCCNCc1cccc(Cl)c1)c1ccncc12. The highest BCUT2D eigenvalue weighted by Crippen LogP contribution is 2.29. The topological polar surface area (TPSA) is 96.4 Å². The highest BCUT2D eigenvalue weighted by atomic mass is 35.5. The Kier molecular flexibility index (Phi) is 8.25. The lowest BCUT2D eigenvalue weighted by molar-refractivity contribution is 0.0697. The summed E-state index contributed by atoms with van der Waals surface area (Å²) >= 11 is 6.00. The number of carboxylic acids is 1. The Bertz CT molecular complexity index is 1280. The molecule has 7 nitrogen and oxygen atoms in total. The van der Waals surface area contributed by atoms with Crippen molar-refractivity contribution in [3.05, 3.63) is 77.1 Å². The first kappa shape index (κ1) is 23.9. The monoisotopic (exact) mass is 478 g/mol. The molecule has 0 aliphatic carbocycles. The van der Waals surface area contributed by atoms with Crippen LogP contribution in [0.5, 0.6) is 0 Å². The number of carbonyl (C=O) groups is 1. The first-order valence-corrected chi connectivity index (χ1v) is 11.7. The molecule has 0 fully saturated rings. The lowest BCUT2D eigenvalue weighted by Gasteiger charge is -2.12. The van der Waals surface area contributed by atoms with E-state index in [1.54, 1.807) is 30.6 Å². The van der Waals surface area contributed by atoms with E-state index in [1.165, 1.54) is 5.56 Å². The number of fused-ring (bicyclic) bond motifs is 3. The number of nitrogens with one attached hydrogen (secondary N) is 2. The van der Waals surface area contributed by atoms with Crippen molar-refractivity contribution in [1.82, 2.24) is 15.3 Å². The predicted octanol–water partition coefficient (Wildman–Crippen LogP) is 5.13. The van der Waals surface area contributed by atoms with Gasteiger partial charge in [-0.05, 0) is 55.3 Å². The van der Waals surface area contributed by atoms with Crippen molar-refractivity contribution in [2.45, 2.75) is 19.4 Å². The minimum atomic E-state index is -0.974. The van der Waals surface area contributed by atoms with Crippen molar-refractivity contribution < 1.29 is 14.6 Å². The second-order valence-corrected chi connectivity index (χ2v) is 8.41. The number of nitrogens with zero attached hydrogens (tertiary/aromatic N) is 2. The van der Waals surface area contributed by atoms with E-state index in [2.05, 4.69) is 26.7 Å². The number of pyridine rings is 2. The first-order valence-electron chi connectivity index (χ1n) is 11.3. The minimum Gasteiger partial charge on any atom is -0.478 e. The molecule has 34 heavy (non-hydrogen) atoms. The molecular formula is C26H27ClN4O3. The highest BCUT2D eigenvalue weighted by molar-refractivity contribution is 6.30. The van der Waals surface area contributed by atoms with Crippen molar-refractivity contribution in [2.24, 2.45) is 0 Å². The van der Waals surface area contributed by atoms with Gasteiger partial charge in [-0.2, -0.15) is 0 Å². The maximum Gasteiger partial charge on any atom is 0.335 e. The fourth-order valence-electron chi connectivity index (χ4n) is 3.79. The summed E-state index contributed by atoms with van der Waals surface area (Å²) in [6.45, 7) is 3.58. The number of halogens is 1. The van der Waals surface area contributed by atoms with E-state index in [0.29, 0.717) is 31.1 Å². The Morgan fingerprint density at radius 2 is 1.91 bits per heavy atom. The standard InChI is InChI=1S/C26H27ClN4O3/c27-20-5-3-4-18(14-20)16-28-9-1-2-12-34-13-11-30-25-22-8-10-29-17-23(22)21-7-6-19(26(32)33)15-24(21)31-25/h3-8,10,14-15,17,28H,1-2,9,11-13,16H2,(H,30,31)(H,32,33). The molecule has 2 heterocycles. The summed E-state index contributed by atoms with van der Waals surface area (Å²) in [5.41, 5.74) is 2.01. The van der Waals surface area contributed by atoms with Crippen LogP contribution < -0.4 is 10.6 Å². The van der Waals surface area contributed by atoms with Crippen LogP contribution in [0.1, 0.15) is 28.8 Å². The number of anilines is 1. The maximum atomic E-state index is 11.3. The van der Waals surface area contributed by atoms with Crippen LogP contribution in [0.4, 0.5) is 5.82 Å². The third-order valence-electron chi connectivity index (χ3n) is 5.49. The van der Waals surface area contributed by atoms with Crippen LogP contribution >= 0.6 is 11.6 Å². The molecule has 4 rings (SSSR count). The summed E-state index contributed by atoms with van der Waals surface area (Å²) in [7, 11) is 0. The molecule has 0 radical (unpaired) electrons. The Labute approximate surface area is 203 Å². The number of benzene rings is 2. The number of rotatable bonds is 12. The fourth-order valence-corrected chi connectivity index (χ4v) is 4.01. The van der Waals surface area contributed by atoms with Crippen LogP contribution in [0.2, 0.25) is 5.02 Å². The Morgan fingerprint density at radius 1 is 1.00 bits per heavy atom. The molecule has 0 saturated heterocycles. The summed E-state index contributed by atoms with van der Waals surface area (Å²) in [6, 6.07) is 14.7. The zero-order chi connectivity index (χ0) is 23.8. The van der Waals surface area contributed by atoms with Gasteiger partial charge in [0.05, 0.1) is 17.7 Å². The Balaban J connectivity index is 1.22. The third kappa shape index (κ3) is 6.20. The lowest BCUT2D eigenvalue weighted by Crippen LogP contribution is -2.16. The molecule has 3 N–H and O–H groups in total. The zero-order valence-corrected chi connectivity index (χ0v) is 19.5. The molecule has 0 atom stereocenters. The maximum absolute atomic E-state index is 11.3. The van der Waals surface area contributed by atoms with Crippen LogP contribution in [0.3, 0.4) is 0 Å². The minimum absolute atomic E-state index is 0.208. The van der Waals surface area contributed by atoms with Crippen molar-refractivity contribution in [2.75, 3.05) is 31.6 Å². The molecule has 4 aromatic rings. The molecule has 2 aromatic heterocycles. The van der Waals surface area contributed by atoms with E-state index in [1.807, 2.05) is 24.3 Å². The molecule has 0 spiro atoms. The van der Waals surface area contributed by atoms with E-state index >= 15 is 0 Å². The van der Waals surface area contributed by atoms with Gasteiger partial charge in [0.2, 0.25) is 0 Å². The van der Waals surface area contributed by atoms with Gasteiger partial charge in [-0.1, -0.05) is 29.8 Å². The van der Waals surface area contributed by atoms with Crippen LogP contribution in [0.15, 0.2) is 60.9 Å². The van der Waals surface area contributed by atoms with Crippen LogP contribution in [-0.2, 0) is 11.3 Å². The summed E-state index contributed by atoms with van der Waals surface area (Å²) in [4.78, 5) is 20.2. The van der Waals surface area contributed by atoms with Gasteiger partial charge in [0.1, 0.15) is 5.82 Å².